The number of fused-ring (bicyclic) bond motifs is 1. The topological polar surface area (TPSA) is 49.6 Å². The maximum Gasteiger partial charge on any atom is 0.277 e. The number of hydrogen-bond donors (Lipinski definition) is 0. The molecule has 0 saturated carbocycles. The van der Waals surface area contributed by atoms with E-state index in [0.29, 0.717) is 5.39 Å². The summed E-state index contributed by atoms with van der Waals surface area (Å²) in [7, 11) is 2.12. The Morgan fingerprint density at radius 3 is 2.35 bits per heavy atom. The Bertz CT molecular complexity index is 649. The molecule has 0 aliphatic carbocycles. The number of likely N-dealkylation sites (N-methyl/N-ethyl adjacent to an activating group) is 1. The van der Waals surface area contributed by atoms with E-state index in [4.69, 9.17) is 0 Å². The summed E-state index contributed by atoms with van der Waals surface area (Å²) in [6, 6.07) is 11.1. The molecule has 0 spiro atoms. The number of benzene rings is 2. The Balaban J connectivity index is 2.08. The van der Waals surface area contributed by atoms with Crippen LogP contribution in [0.15, 0.2) is 36.4 Å². The number of non-ortho nitro benzene ring substituents is 1. The molecule has 0 unspecified atom stereocenters. The Labute approximate surface area is 117 Å². The van der Waals surface area contributed by atoms with Crippen LogP contribution >= 0.6 is 0 Å². The first kappa shape index (κ1) is 12.9. The molecular weight excluding hydrogens is 254 g/mol. The molecule has 1 aliphatic rings. The van der Waals surface area contributed by atoms with Crippen LogP contribution in [0.5, 0.6) is 0 Å². The summed E-state index contributed by atoms with van der Waals surface area (Å²) in [4.78, 5) is 15.4. The van der Waals surface area contributed by atoms with Crippen molar-refractivity contribution in [1.82, 2.24) is 4.90 Å². The standard InChI is InChI=1S/C15H17N3O2/c1-16-8-10-17(11-9-16)14-6-2-5-13-12(14)4-3-7-15(13)18(19)20/h2-7H,8-11H2,1H3. The molecule has 0 aromatic heterocycles. The minimum Gasteiger partial charge on any atom is -0.368 e. The van der Waals surface area contributed by atoms with Gasteiger partial charge in [-0.05, 0) is 19.2 Å². The summed E-state index contributed by atoms with van der Waals surface area (Å²) in [5, 5.41) is 12.8. The van der Waals surface area contributed by atoms with Crippen molar-refractivity contribution in [3.63, 3.8) is 0 Å². The summed E-state index contributed by atoms with van der Waals surface area (Å²) < 4.78 is 0. The van der Waals surface area contributed by atoms with Gasteiger partial charge in [0.25, 0.3) is 5.69 Å². The lowest BCUT2D eigenvalue weighted by Crippen LogP contribution is -2.44. The van der Waals surface area contributed by atoms with Gasteiger partial charge in [-0.1, -0.05) is 18.2 Å². The molecule has 1 fully saturated rings. The van der Waals surface area contributed by atoms with Crippen molar-refractivity contribution in [3.8, 4) is 0 Å². The summed E-state index contributed by atoms with van der Waals surface area (Å²) >= 11 is 0. The van der Waals surface area contributed by atoms with E-state index < -0.39 is 0 Å². The number of anilines is 1. The third kappa shape index (κ3) is 2.20. The second-order valence-corrected chi connectivity index (χ2v) is 5.20. The van der Waals surface area contributed by atoms with Crippen molar-refractivity contribution in [2.75, 3.05) is 38.1 Å². The lowest BCUT2D eigenvalue weighted by Gasteiger charge is -2.34. The van der Waals surface area contributed by atoms with Gasteiger partial charge >= 0.3 is 0 Å². The Hall–Kier alpha value is -2.14. The van der Waals surface area contributed by atoms with Crippen molar-refractivity contribution >= 4 is 22.1 Å². The number of hydrogen-bond acceptors (Lipinski definition) is 4. The van der Waals surface area contributed by atoms with Crippen LogP contribution in [0.25, 0.3) is 10.8 Å². The van der Waals surface area contributed by atoms with E-state index in [1.165, 1.54) is 0 Å². The molecule has 3 rings (SSSR count). The smallest absolute Gasteiger partial charge is 0.277 e. The SMILES string of the molecule is CN1CCN(c2cccc3c([N+](=O)[O-])cccc23)CC1. The fraction of sp³-hybridized carbons (Fsp3) is 0.333. The molecule has 2 aromatic carbocycles. The third-order valence-electron chi connectivity index (χ3n) is 3.92. The van der Waals surface area contributed by atoms with Gasteiger partial charge in [0.1, 0.15) is 0 Å². The summed E-state index contributed by atoms with van der Waals surface area (Å²) in [6.07, 6.45) is 0. The van der Waals surface area contributed by atoms with Crippen LogP contribution in [0.1, 0.15) is 0 Å². The van der Waals surface area contributed by atoms with E-state index in [1.54, 1.807) is 12.1 Å². The second-order valence-electron chi connectivity index (χ2n) is 5.20. The van der Waals surface area contributed by atoms with Gasteiger partial charge < -0.3 is 9.80 Å². The predicted molar refractivity (Wildman–Crippen MR) is 80.3 cm³/mol. The fourth-order valence-corrected chi connectivity index (χ4v) is 2.76. The van der Waals surface area contributed by atoms with Crippen LogP contribution in [0, 0.1) is 10.1 Å². The predicted octanol–water partition coefficient (Wildman–Crippen LogP) is 2.50. The maximum atomic E-state index is 11.1. The number of nitro groups is 1. The van der Waals surface area contributed by atoms with Gasteiger partial charge in [0, 0.05) is 43.3 Å². The second kappa shape index (κ2) is 5.09. The van der Waals surface area contributed by atoms with E-state index >= 15 is 0 Å². The molecule has 0 bridgehead atoms. The molecule has 0 N–H and O–H groups in total. The summed E-state index contributed by atoms with van der Waals surface area (Å²) in [5.74, 6) is 0. The molecule has 0 atom stereocenters. The van der Waals surface area contributed by atoms with Gasteiger partial charge in [-0.15, -0.1) is 0 Å². The van der Waals surface area contributed by atoms with Crippen LogP contribution in [0.3, 0.4) is 0 Å². The molecule has 104 valence electrons. The Morgan fingerprint density at radius 2 is 1.65 bits per heavy atom. The van der Waals surface area contributed by atoms with Crippen molar-refractivity contribution < 1.29 is 4.92 Å². The van der Waals surface area contributed by atoms with Crippen LogP contribution < -0.4 is 4.90 Å². The first-order valence-electron chi connectivity index (χ1n) is 6.76. The van der Waals surface area contributed by atoms with Crippen LogP contribution in [-0.2, 0) is 0 Å². The molecule has 5 heteroatoms. The van der Waals surface area contributed by atoms with Gasteiger partial charge in [-0.2, -0.15) is 0 Å². The average Bonchev–Trinajstić information content (AvgIpc) is 2.47. The van der Waals surface area contributed by atoms with E-state index in [1.807, 2.05) is 18.2 Å². The largest absolute Gasteiger partial charge is 0.368 e. The van der Waals surface area contributed by atoms with Crippen LogP contribution in [-0.4, -0.2) is 43.0 Å². The van der Waals surface area contributed by atoms with Crippen molar-refractivity contribution in [3.05, 3.63) is 46.5 Å². The highest BCUT2D eigenvalue weighted by Crippen LogP contribution is 2.32. The van der Waals surface area contributed by atoms with Gasteiger partial charge in [0.05, 0.1) is 10.3 Å². The number of piperazine rings is 1. The van der Waals surface area contributed by atoms with Gasteiger partial charge in [-0.3, -0.25) is 10.1 Å². The summed E-state index contributed by atoms with van der Waals surface area (Å²) in [6.45, 7) is 3.95. The Morgan fingerprint density at radius 1 is 1.00 bits per heavy atom. The minimum atomic E-state index is -0.309. The van der Waals surface area contributed by atoms with Crippen molar-refractivity contribution in [2.45, 2.75) is 0 Å². The zero-order valence-corrected chi connectivity index (χ0v) is 11.5. The third-order valence-corrected chi connectivity index (χ3v) is 3.92. The molecule has 20 heavy (non-hydrogen) atoms. The van der Waals surface area contributed by atoms with E-state index in [-0.39, 0.29) is 10.6 Å². The monoisotopic (exact) mass is 271 g/mol. The first-order chi connectivity index (χ1) is 9.66. The van der Waals surface area contributed by atoms with E-state index in [2.05, 4.69) is 22.9 Å². The zero-order valence-electron chi connectivity index (χ0n) is 11.5. The minimum absolute atomic E-state index is 0.179. The lowest BCUT2D eigenvalue weighted by molar-refractivity contribution is -0.383. The van der Waals surface area contributed by atoms with Gasteiger partial charge in [-0.25, -0.2) is 0 Å². The average molecular weight is 271 g/mol. The highest BCUT2D eigenvalue weighted by Gasteiger charge is 2.18. The van der Waals surface area contributed by atoms with E-state index in [0.717, 1.165) is 37.3 Å². The van der Waals surface area contributed by atoms with Gasteiger partial charge in [0.2, 0.25) is 0 Å². The molecule has 5 nitrogen and oxygen atoms in total. The molecule has 1 saturated heterocycles. The molecule has 1 aliphatic heterocycles. The van der Waals surface area contributed by atoms with Crippen molar-refractivity contribution in [1.29, 1.82) is 0 Å². The molecule has 2 aromatic rings. The maximum absolute atomic E-state index is 11.1. The molecule has 1 heterocycles. The van der Waals surface area contributed by atoms with Crippen LogP contribution in [0.4, 0.5) is 11.4 Å². The lowest BCUT2D eigenvalue weighted by atomic mass is 10.1. The highest BCUT2D eigenvalue weighted by molar-refractivity contribution is 5.99. The Kier molecular flexibility index (Phi) is 3.28. The fourth-order valence-electron chi connectivity index (χ4n) is 2.76. The number of rotatable bonds is 2. The highest BCUT2D eigenvalue weighted by atomic mass is 16.6. The van der Waals surface area contributed by atoms with Crippen LogP contribution in [0.2, 0.25) is 0 Å². The quantitative estimate of drug-likeness (QED) is 0.622. The van der Waals surface area contributed by atoms with E-state index in [9.17, 15) is 10.1 Å². The van der Waals surface area contributed by atoms with Crippen molar-refractivity contribution in [2.24, 2.45) is 0 Å². The molecular formula is C15H17N3O2. The molecule has 0 amide bonds. The molecule has 0 radical (unpaired) electrons. The zero-order chi connectivity index (χ0) is 14.1. The van der Waals surface area contributed by atoms with Gasteiger partial charge in [0.15, 0.2) is 0 Å². The summed E-state index contributed by atoms with van der Waals surface area (Å²) in [5.41, 5.74) is 1.28. The number of nitro benzene ring substituents is 1. The normalized spacial score (nSPS) is 16.6. The first-order valence-corrected chi connectivity index (χ1v) is 6.76. The number of nitrogens with zero attached hydrogens (tertiary/aromatic N) is 3.